The Kier molecular flexibility index (Phi) is 8.25. The quantitative estimate of drug-likeness (QED) is 0.430. The van der Waals surface area contributed by atoms with E-state index in [4.69, 9.17) is 18.7 Å². The van der Waals surface area contributed by atoms with Crippen molar-refractivity contribution in [2.45, 2.75) is 25.9 Å². The van der Waals surface area contributed by atoms with E-state index >= 15 is 0 Å². The second-order valence-corrected chi connectivity index (χ2v) is 9.24. The van der Waals surface area contributed by atoms with Crippen LogP contribution in [0.3, 0.4) is 0 Å². The Morgan fingerprint density at radius 3 is 2.46 bits per heavy atom. The number of carbonyl (C=O) groups excluding carboxylic acids is 1. The van der Waals surface area contributed by atoms with Crippen molar-refractivity contribution < 1.29 is 23.5 Å². The van der Waals surface area contributed by atoms with Gasteiger partial charge in [0, 0.05) is 22.5 Å². The number of likely N-dealkylation sites (tertiary alicyclic amines) is 1. The van der Waals surface area contributed by atoms with Gasteiger partial charge in [-0.2, -0.15) is 4.98 Å². The van der Waals surface area contributed by atoms with Crippen LogP contribution in [0, 0.1) is 5.92 Å². The molecule has 1 saturated heterocycles. The number of ether oxygens (including phenoxy) is 3. The summed E-state index contributed by atoms with van der Waals surface area (Å²) in [5.41, 5.74) is 1.78. The minimum absolute atomic E-state index is 0.0341. The molecule has 0 atom stereocenters. The van der Waals surface area contributed by atoms with Crippen LogP contribution in [0.4, 0.5) is 0 Å². The van der Waals surface area contributed by atoms with Crippen molar-refractivity contribution in [1.29, 1.82) is 0 Å². The van der Waals surface area contributed by atoms with Crippen molar-refractivity contribution in [3.05, 3.63) is 52.3 Å². The number of nitrogens with zero attached hydrogens (tertiary/aromatic N) is 3. The number of halogens is 1. The maximum absolute atomic E-state index is 12.8. The SMILES string of the molecule is COc1cc(CNC(=O)C2CCN(Cc3nc(-c4cccc(Br)c4)no3)CC2)cc(OC)c1OC. The molecule has 1 fully saturated rings. The van der Waals surface area contributed by atoms with Gasteiger partial charge in [0.15, 0.2) is 11.5 Å². The Labute approximate surface area is 212 Å². The predicted octanol–water partition coefficient (Wildman–Crippen LogP) is 4.05. The predicted molar refractivity (Wildman–Crippen MR) is 133 cm³/mol. The summed E-state index contributed by atoms with van der Waals surface area (Å²) in [4.78, 5) is 19.6. The fourth-order valence-corrected chi connectivity index (χ4v) is 4.58. The first-order valence-electron chi connectivity index (χ1n) is 11.4. The molecule has 1 aromatic heterocycles. The molecule has 4 rings (SSSR count). The third-order valence-electron chi connectivity index (χ3n) is 6.06. The molecule has 9 nitrogen and oxygen atoms in total. The van der Waals surface area contributed by atoms with Crippen LogP contribution in [0.1, 0.15) is 24.3 Å². The van der Waals surface area contributed by atoms with Crippen molar-refractivity contribution in [1.82, 2.24) is 20.4 Å². The summed E-state index contributed by atoms with van der Waals surface area (Å²) in [6.07, 6.45) is 1.54. The van der Waals surface area contributed by atoms with Crippen molar-refractivity contribution in [2.75, 3.05) is 34.4 Å². The highest BCUT2D eigenvalue weighted by atomic mass is 79.9. The van der Waals surface area contributed by atoms with Gasteiger partial charge < -0.3 is 24.1 Å². The number of nitrogens with one attached hydrogen (secondary N) is 1. The third-order valence-corrected chi connectivity index (χ3v) is 6.55. The van der Waals surface area contributed by atoms with Crippen molar-refractivity contribution in [2.24, 2.45) is 5.92 Å². The maximum atomic E-state index is 12.8. The van der Waals surface area contributed by atoms with Crippen LogP contribution in [-0.2, 0) is 17.9 Å². The number of methoxy groups -OCH3 is 3. The molecule has 0 saturated carbocycles. The fraction of sp³-hybridized carbons (Fsp3) is 0.400. The van der Waals surface area contributed by atoms with E-state index in [0.29, 0.717) is 42.1 Å². The normalized spacial score (nSPS) is 14.5. The Morgan fingerprint density at radius 2 is 1.83 bits per heavy atom. The van der Waals surface area contributed by atoms with Crippen LogP contribution in [0.15, 0.2) is 45.4 Å². The molecule has 0 bridgehead atoms. The number of benzene rings is 2. The van der Waals surface area contributed by atoms with Gasteiger partial charge in [0.1, 0.15) is 0 Å². The summed E-state index contributed by atoms with van der Waals surface area (Å²) < 4.78 is 22.6. The smallest absolute Gasteiger partial charge is 0.241 e. The average molecular weight is 545 g/mol. The van der Waals surface area contributed by atoms with E-state index in [0.717, 1.165) is 41.5 Å². The molecule has 0 radical (unpaired) electrons. The van der Waals surface area contributed by atoms with E-state index in [9.17, 15) is 4.79 Å². The summed E-state index contributed by atoms with van der Waals surface area (Å²) >= 11 is 3.46. The van der Waals surface area contributed by atoms with Crippen molar-refractivity contribution in [3.63, 3.8) is 0 Å². The number of carbonyl (C=O) groups is 1. The highest BCUT2D eigenvalue weighted by Gasteiger charge is 2.26. The second-order valence-electron chi connectivity index (χ2n) is 8.32. The molecule has 0 unspecified atom stereocenters. The van der Waals surface area contributed by atoms with Gasteiger partial charge in [-0.05, 0) is 55.8 Å². The summed E-state index contributed by atoms with van der Waals surface area (Å²) in [6, 6.07) is 11.5. The van der Waals surface area contributed by atoms with E-state index in [1.165, 1.54) is 0 Å². The molecule has 1 amide bonds. The van der Waals surface area contributed by atoms with E-state index in [1.807, 2.05) is 36.4 Å². The van der Waals surface area contributed by atoms with Gasteiger partial charge in [-0.15, -0.1) is 0 Å². The van der Waals surface area contributed by atoms with E-state index in [1.54, 1.807) is 21.3 Å². The van der Waals surface area contributed by atoms with Gasteiger partial charge in [-0.25, -0.2) is 0 Å². The lowest BCUT2D eigenvalue weighted by Gasteiger charge is -2.30. The van der Waals surface area contributed by atoms with Crippen molar-refractivity contribution in [3.8, 4) is 28.6 Å². The van der Waals surface area contributed by atoms with Crippen LogP contribution < -0.4 is 19.5 Å². The molecule has 2 heterocycles. The lowest BCUT2D eigenvalue weighted by Crippen LogP contribution is -2.40. The number of hydrogen-bond acceptors (Lipinski definition) is 8. The number of rotatable bonds is 9. The highest BCUT2D eigenvalue weighted by molar-refractivity contribution is 9.10. The molecule has 10 heteroatoms. The standard InChI is InChI=1S/C25H29BrN4O5/c1-32-20-11-16(12-21(33-2)23(20)34-3)14-27-25(31)17-7-9-30(10-8-17)15-22-28-24(29-35-22)18-5-4-6-19(26)13-18/h4-6,11-13,17H,7-10,14-15H2,1-3H3,(H,27,31). The van der Waals surface area contributed by atoms with E-state index < -0.39 is 0 Å². The Balaban J connectivity index is 1.27. The molecule has 35 heavy (non-hydrogen) atoms. The average Bonchev–Trinajstić information content (AvgIpc) is 3.35. The summed E-state index contributed by atoms with van der Waals surface area (Å²) in [5.74, 6) is 2.82. The zero-order valence-electron chi connectivity index (χ0n) is 20.0. The first-order valence-corrected chi connectivity index (χ1v) is 12.2. The number of piperidine rings is 1. The van der Waals surface area contributed by atoms with Crippen LogP contribution in [0.25, 0.3) is 11.4 Å². The third kappa shape index (κ3) is 6.12. The molecular weight excluding hydrogens is 516 g/mol. The van der Waals surface area contributed by atoms with Gasteiger partial charge in [0.25, 0.3) is 0 Å². The molecule has 3 aromatic rings. The molecule has 186 valence electrons. The topological polar surface area (TPSA) is 99.0 Å². The van der Waals surface area contributed by atoms with Gasteiger partial charge in [0.05, 0.1) is 27.9 Å². The Bertz CT molecular complexity index is 1140. The minimum atomic E-state index is -0.0341. The zero-order valence-corrected chi connectivity index (χ0v) is 21.6. The number of amides is 1. The number of aromatic nitrogens is 2. The van der Waals surface area contributed by atoms with Gasteiger partial charge >= 0.3 is 0 Å². The lowest BCUT2D eigenvalue weighted by atomic mass is 9.96. The molecule has 0 spiro atoms. The van der Waals surface area contributed by atoms with Crippen LogP contribution in [-0.4, -0.2) is 55.4 Å². The number of hydrogen-bond donors (Lipinski definition) is 1. The molecule has 1 aliphatic rings. The first kappa shape index (κ1) is 25.0. The largest absolute Gasteiger partial charge is 0.493 e. The Hall–Kier alpha value is -3.11. The summed E-state index contributed by atoms with van der Waals surface area (Å²) in [6.45, 7) is 2.53. The Morgan fingerprint density at radius 1 is 1.11 bits per heavy atom. The van der Waals surface area contributed by atoms with E-state index in [2.05, 4.69) is 36.3 Å². The highest BCUT2D eigenvalue weighted by Crippen LogP contribution is 2.38. The molecule has 2 aromatic carbocycles. The van der Waals surface area contributed by atoms with Crippen LogP contribution >= 0.6 is 15.9 Å². The minimum Gasteiger partial charge on any atom is -0.493 e. The second kappa shape index (κ2) is 11.5. The van der Waals surface area contributed by atoms with Crippen LogP contribution in [0.2, 0.25) is 0 Å². The monoisotopic (exact) mass is 544 g/mol. The summed E-state index contributed by atoms with van der Waals surface area (Å²) in [5, 5.41) is 7.15. The fourth-order valence-electron chi connectivity index (χ4n) is 4.18. The van der Waals surface area contributed by atoms with Crippen molar-refractivity contribution >= 4 is 21.8 Å². The van der Waals surface area contributed by atoms with Crippen LogP contribution in [0.5, 0.6) is 17.2 Å². The molecule has 1 aliphatic heterocycles. The molecule has 1 N–H and O–H groups in total. The molecular formula is C25H29BrN4O5. The van der Waals surface area contributed by atoms with Gasteiger partial charge in [-0.3, -0.25) is 9.69 Å². The summed E-state index contributed by atoms with van der Waals surface area (Å²) in [7, 11) is 4.71. The van der Waals surface area contributed by atoms with Gasteiger partial charge in [-0.1, -0.05) is 33.2 Å². The van der Waals surface area contributed by atoms with E-state index in [-0.39, 0.29) is 11.8 Å². The first-order chi connectivity index (χ1) is 17.0. The zero-order chi connectivity index (χ0) is 24.8. The molecule has 0 aliphatic carbocycles. The maximum Gasteiger partial charge on any atom is 0.241 e. The lowest BCUT2D eigenvalue weighted by molar-refractivity contribution is -0.126. The van der Waals surface area contributed by atoms with Gasteiger partial charge in [0.2, 0.25) is 23.4 Å².